The Morgan fingerprint density at radius 3 is 1.54 bits per heavy atom. The Labute approximate surface area is 76.0 Å². The Morgan fingerprint density at radius 2 is 1.46 bits per heavy atom. The average molecular weight is 190 g/mol. The molecule has 13 heavy (non-hydrogen) atoms. The first-order valence-electron chi connectivity index (χ1n) is 4.10. The van der Waals surface area contributed by atoms with Crippen molar-refractivity contribution < 1.29 is 24.9 Å². The van der Waals surface area contributed by atoms with Crippen LogP contribution in [0.25, 0.3) is 0 Å². The van der Waals surface area contributed by atoms with Gasteiger partial charge >= 0.3 is 11.9 Å². The molecule has 0 radical (unpaired) electrons. The number of hydrogen-bond donors (Lipinski definition) is 3. The molecule has 0 unspecified atom stereocenters. The molecule has 5 heteroatoms. The topological polar surface area (TPSA) is 94.8 Å². The van der Waals surface area contributed by atoms with Crippen molar-refractivity contribution >= 4 is 11.9 Å². The van der Waals surface area contributed by atoms with Gasteiger partial charge in [0.05, 0.1) is 0 Å². The minimum Gasteiger partial charge on any atom is -0.479 e. The largest absolute Gasteiger partial charge is 0.479 e. The number of carboxylic acids is 2. The first-order valence-corrected chi connectivity index (χ1v) is 4.10. The minimum absolute atomic E-state index is 0.311. The smallest absolute Gasteiger partial charge is 0.347 e. The van der Waals surface area contributed by atoms with Crippen molar-refractivity contribution in [3.8, 4) is 0 Å². The molecule has 0 aliphatic carbocycles. The molecule has 0 fully saturated rings. The van der Waals surface area contributed by atoms with Crippen LogP contribution in [0.5, 0.6) is 0 Å². The lowest BCUT2D eigenvalue weighted by Gasteiger charge is -2.26. The second-order valence-corrected chi connectivity index (χ2v) is 2.89. The molecule has 0 bridgehead atoms. The van der Waals surface area contributed by atoms with Crippen molar-refractivity contribution in [2.45, 2.75) is 32.3 Å². The van der Waals surface area contributed by atoms with Crippen molar-refractivity contribution in [2.75, 3.05) is 0 Å². The highest BCUT2D eigenvalue weighted by Crippen LogP contribution is 2.24. The van der Waals surface area contributed by atoms with Gasteiger partial charge < -0.3 is 15.3 Å². The van der Waals surface area contributed by atoms with Gasteiger partial charge in [0, 0.05) is 5.92 Å². The fourth-order valence-electron chi connectivity index (χ4n) is 1.32. The van der Waals surface area contributed by atoms with Crippen LogP contribution in [0.4, 0.5) is 0 Å². The third-order valence-electron chi connectivity index (χ3n) is 2.23. The van der Waals surface area contributed by atoms with E-state index in [0.717, 1.165) is 0 Å². The van der Waals surface area contributed by atoms with Gasteiger partial charge in [-0.2, -0.15) is 0 Å². The molecule has 3 N–H and O–H groups in total. The zero-order chi connectivity index (χ0) is 10.6. The van der Waals surface area contributed by atoms with E-state index in [1.165, 1.54) is 0 Å². The number of carbonyl (C=O) groups is 2. The predicted octanol–water partition coefficient (Wildman–Crippen LogP) is 0.323. The minimum atomic E-state index is -2.65. The molecule has 0 saturated heterocycles. The van der Waals surface area contributed by atoms with Gasteiger partial charge in [-0.15, -0.1) is 0 Å². The summed E-state index contributed by atoms with van der Waals surface area (Å²) in [5.41, 5.74) is -2.65. The van der Waals surface area contributed by atoms with Crippen LogP contribution in [-0.4, -0.2) is 32.9 Å². The molecule has 0 aliphatic heterocycles. The summed E-state index contributed by atoms with van der Waals surface area (Å²) >= 11 is 0. The van der Waals surface area contributed by atoms with Crippen molar-refractivity contribution in [3.63, 3.8) is 0 Å². The quantitative estimate of drug-likeness (QED) is 0.543. The summed E-state index contributed by atoms with van der Waals surface area (Å²) in [7, 11) is 0. The van der Waals surface area contributed by atoms with Crippen LogP contribution in [0.15, 0.2) is 0 Å². The number of hydrogen-bond acceptors (Lipinski definition) is 3. The van der Waals surface area contributed by atoms with E-state index < -0.39 is 23.5 Å². The molecule has 0 aromatic carbocycles. The Kier molecular flexibility index (Phi) is 3.87. The highest BCUT2D eigenvalue weighted by Gasteiger charge is 2.50. The summed E-state index contributed by atoms with van der Waals surface area (Å²) in [6, 6.07) is 0. The average Bonchev–Trinajstić information content (AvgIpc) is 2.05. The van der Waals surface area contributed by atoms with Gasteiger partial charge in [-0.25, -0.2) is 9.59 Å². The molecule has 0 aromatic heterocycles. The molecule has 0 atom stereocenters. The van der Waals surface area contributed by atoms with Gasteiger partial charge in [0.15, 0.2) is 0 Å². The van der Waals surface area contributed by atoms with Crippen molar-refractivity contribution in [2.24, 2.45) is 5.92 Å². The van der Waals surface area contributed by atoms with Crippen LogP contribution in [-0.2, 0) is 9.59 Å². The first-order chi connectivity index (χ1) is 5.91. The van der Waals surface area contributed by atoms with Crippen molar-refractivity contribution in [1.29, 1.82) is 0 Å². The molecular weight excluding hydrogens is 176 g/mol. The van der Waals surface area contributed by atoms with Crippen LogP contribution in [0.3, 0.4) is 0 Å². The maximum absolute atomic E-state index is 10.6. The van der Waals surface area contributed by atoms with Gasteiger partial charge in [-0.3, -0.25) is 0 Å². The number of aliphatic hydroxyl groups is 1. The highest BCUT2D eigenvalue weighted by molar-refractivity contribution is 6.01. The Hall–Kier alpha value is -1.10. The Bertz CT molecular complexity index is 193. The summed E-state index contributed by atoms with van der Waals surface area (Å²) < 4.78 is 0. The van der Waals surface area contributed by atoms with Gasteiger partial charge in [0.2, 0.25) is 0 Å². The van der Waals surface area contributed by atoms with Gasteiger partial charge in [-0.1, -0.05) is 13.8 Å². The second kappa shape index (κ2) is 4.23. The zero-order valence-electron chi connectivity index (χ0n) is 7.65. The Morgan fingerprint density at radius 1 is 1.15 bits per heavy atom. The van der Waals surface area contributed by atoms with Crippen molar-refractivity contribution in [3.05, 3.63) is 0 Å². The van der Waals surface area contributed by atoms with Gasteiger partial charge in [-0.05, 0) is 12.8 Å². The lowest BCUT2D eigenvalue weighted by molar-refractivity contribution is -0.183. The zero-order valence-corrected chi connectivity index (χ0v) is 7.65. The van der Waals surface area contributed by atoms with Crippen LogP contribution >= 0.6 is 0 Å². The molecule has 0 aromatic rings. The molecule has 0 rings (SSSR count). The molecular formula is C8H14O5. The normalized spacial score (nSPS) is 11.7. The predicted molar refractivity (Wildman–Crippen MR) is 44.3 cm³/mol. The van der Waals surface area contributed by atoms with E-state index in [1.807, 2.05) is 0 Å². The molecule has 0 heterocycles. The van der Waals surface area contributed by atoms with Crippen LogP contribution in [0.2, 0.25) is 0 Å². The van der Waals surface area contributed by atoms with E-state index in [4.69, 9.17) is 10.2 Å². The van der Waals surface area contributed by atoms with E-state index in [2.05, 4.69) is 0 Å². The maximum atomic E-state index is 10.6. The lowest BCUT2D eigenvalue weighted by Crippen LogP contribution is -2.52. The summed E-state index contributed by atoms with van der Waals surface area (Å²) in [5.74, 6) is -4.16. The van der Waals surface area contributed by atoms with E-state index in [-0.39, 0.29) is 0 Å². The number of rotatable bonds is 5. The maximum Gasteiger partial charge on any atom is 0.347 e. The third-order valence-corrected chi connectivity index (χ3v) is 2.23. The van der Waals surface area contributed by atoms with Crippen LogP contribution in [0.1, 0.15) is 26.7 Å². The Balaban J connectivity index is 4.98. The fraction of sp³-hybridized carbons (Fsp3) is 0.750. The standard InChI is InChI=1S/C8H14O5/c1-3-5(4-2)8(13,6(9)10)7(11)12/h5,13H,3-4H2,1-2H3,(H,9,10)(H,11,12). The van der Waals surface area contributed by atoms with Crippen LogP contribution < -0.4 is 0 Å². The van der Waals surface area contributed by atoms with E-state index in [9.17, 15) is 14.7 Å². The summed E-state index contributed by atoms with van der Waals surface area (Å²) in [4.78, 5) is 21.2. The number of aliphatic carboxylic acids is 2. The van der Waals surface area contributed by atoms with Gasteiger partial charge in [0.25, 0.3) is 5.60 Å². The summed E-state index contributed by atoms with van der Waals surface area (Å²) in [5, 5.41) is 26.6. The monoisotopic (exact) mass is 190 g/mol. The van der Waals surface area contributed by atoms with Gasteiger partial charge in [0.1, 0.15) is 0 Å². The molecule has 76 valence electrons. The van der Waals surface area contributed by atoms with Crippen molar-refractivity contribution in [1.82, 2.24) is 0 Å². The first kappa shape index (κ1) is 11.9. The van der Waals surface area contributed by atoms with E-state index >= 15 is 0 Å². The molecule has 0 spiro atoms. The summed E-state index contributed by atoms with van der Waals surface area (Å²) in [6.45, 7) is 3.29. The SMILES string of the molecule is CCC(CC)C(O)(C(=O)O)C(=O)O. The van der Waals surface area contributed by atoms with Crippen LogP contribution in [0, 0.1) is 5.92 Å². The van der Waals surface area contributed by atoms with E-state index in [1.54, 1.807) is 13.8 Å². The highest BCUT2D eigenvalue weighted by atomic mass is 16.4. The summed E-state index contributed by atoms with van der Waals surface area (Å²) in [6.07, 6.45) is 0.622. The number of carboxylic acid groups (broad SMARTS) is 2. The lowest BCUT2D eigenvalue weighted by atomic mass is 9.83. The third kappa shape index (κ3) is 1.98. The second-order valence-electron chi connectivity index (χ2n) is 2.89. The molecule has 0 amide bonds. The molecule has 0 saturated carbocycles. The fourth-order valence-corrected chi connectivity index (χ4v) is 1.32. The molecule has 0 aliphatic rings. The molecule has 5 nitrogen and oxygen atoms in total. The van der Waals surface area contributed by atoms with E-state index in [0.29, 0.717) is 12.8 Å².